The Hall–Kier alpha value is -1.64. The van der Waals surface area contributed by atoms with E-state index in [0.717, 1.165) is 11.1 Å². The highest BCUT2D eigenvalue weighted by Crippen LogP contribution is 2.25. The Morgan fingerprint density at radius 3 is 2.58 bits per heavy atom. The molecule has 0 aromatic heterocycles. The molecule has 0 aliphatic carbocycles. The van der Waals surface area contributed by atoms with Crippen molar-refractivity contribution in [3.05, 3.63) is 70.3 Å². The van der Waals surface area contributed by atoms with Crippen molar-refractivity contribution in [2.75, 3.05) is 0 Å². The van der Waals surface area contributed by atoms with E-state index in [-0.39, 0.29) is 0 Å². The van der Waals surface area contributed by atoms with E-state index < -0.39 is 6.10 Å². The van der Waals surface area contributed by atoms with Crippen LogP contribution in [0.5, 0.6) is 0 Å². The summed E-state index contributed by atoms with van der Waals surface area (Å²) in [6.45, 7) is 3.44. The van der Waals surface area contributed by atoms with Gasteiger partial charge in [0.25, 0.3) is 0 Å². The van der Waals surface area contributed by atoms with E-state index in [2.05, 4.69) is 43.3 Å². The van der Waals surface area contributed by atoms with Crippen LogP contribution in [0.1, 0.15) is 33.9 Å². The minimum absolute atomic E-state index is 0.450. The van der Waals surface area contributed by atoms with Gasteiger partial charge in [-0.05, 0) is 29.2 Å². The zero-order valence-electron chi connectivity index (χ0n) is 11.1. The molecule has 0 radical (unpaired) electrons. The van der Waals surface area contributed by atoms with Crippen molar-refractivity contribution in [3.8, 4) is 0 Å². The van der Waals surface area contributed by atoms with Crippen LogP contribution in [-0.2, 0) is 24.4 Å². The highest BCUT2D eigenvalue weighted by atomic mass is 16.5. The molecule has 1 unspecified atom stereocenters. The normalized spacial score (nSPS) is 15.3. The molecule has 2 aromatic carbocycles. The Labute approximate surface area is 113 Å². The predicted octanol–water partition coefficient (Wildman–Crippen LogP) is 3.30. The van der Waals surface area contributed by atoms with E-state index >= 15 is 0 Å². The molecule has 19 heavy (non-hydrogen) atoms. The fourth-order valence-electron chi connectivity index (χ4n) is 2.46. The Morgan fingerprint density at radius 2 is 1.79 bits per heavy atom. The number of fused-ring (bicyclic) bond motifs is 1. The molecule has 2 aromatic rings. The number of hydrogen-bond donors (Lipinski definition) is 1. The number of benzene rings is 2. The molecule has 3 rings (SSSR count). The quantitative estimate of drug-likeness (QED) is 0.910. The topological polar surface area (TPSA) is 29.5 Å². The van der Waals surface area contributed by atoms with Crippen LogP contribution in [0.3, 0.4) is 0 Å². The molecule has 0 saturated heterocycles. The third-order valence-corrected chi connectivity index (χ3v) is 3.68. The molecule has 0 bridgehead atoms. The lowest BCUT2D eigenvalue weighted by molar-refractivity contribution is 0.134. The van der Waals surface area contributed by atoms with Crippen LogP contribution in [0, 0.1) is 6.92 Å². The van der Waals surface area contributed by atoms with Crippen molar-refractivity contribution in [1.82, 2.24) is 0 Å². The minimum atomic E-state index is -0.450. The first-order chi connectivity index (χ1) is 9.22. The summed E-state index contributed by atoms with van der Waals surface area (Å²) in [5.41, 5.74) is 5.83. The van der Waals surface area contributed by atoms with Gasteiger partial charge in [-0.2, -0.15) is 0 Å². The maximum Gasteiger partial charge on any atom is 0.0830 e. The van der Waals surface area contributed by atoms with Crippen LogP contribution in [0.15, 0.2) is 42.5 Å². The van der Waals surface area contributed by atoms with Gasteiger partial charge in [0.05, 0.1) is 19.3 Å². The summed E-state index contributed by atoms with van der Waals surface area (Å²) in [5.74, 6) is 0. The maximum atomic E-state index is 10.3. The van der Waals surface area contributed by atoms with Crippen molar-refractivity contribution in [2.24, 2.45) is 0 Å². The molecule has 1 N–H and O–H groups in total. The molecule has 2 nitrogen and oxygen atoms in total. The highest BCUT2D eigenvalue weighted by Gasteiger charge is 2.15. The SMILES string of the molecule is Cc1ccc(CC(O)c2ccc3c(c2)COC3)cc1. The molecule has 98 valence electrons. The first-order valence-electron chi connectivity index (χ1n) is 6.65. The fraction of sp³-hybridized carbons (Fsp3) is 0.294. The van der Waals surface area contributed by atoms with Gasteiger partial charge in [-0.15, -0.1) is 0 Å². The summed E-state index contributed by atoms with van der Waals surface area (Å²) >= 11 is 0. The van der Waals surface area contributed by atoms with E-state index in [0.29, 0.717) is 19.6 Å². The molecule has 0 fully saturated rings. The Morgan fingerprint density at radius 1 is 1.05 bits per heavy atom. The van der Waals surface area contributed by atoms with E-state index in [1.165, 1.54) is 16.7 Å². The van der Waals surface area contributed by atoms with Gasteiger partial charge < -0.3 is 9.84 Å². The number of hydrogen-bond acceptors (Lipinski definition) is 2. The number of ether oxygens (including phenoxy) is 1. The van der Waals surface area contributed by atoms with E-state index in [1.54, 1.807) is 0 Å². The largest absolute Gasteiger partial charge is 0.388 e. The van der Waals surface area contributed by atoms with Gasteiger partial charge in [0.2, 0.25) is 0 Å². The molecule has 0 amide bonds. The van der Waals surface area contributed by atoms with Crippen LogP contribution in [0.25, 0.3) is 0 Å². The second-order valence-corrected chi connectivity index (χ2v) is 5.23. The lowest BCUT2D eigenvalue weighted by Gasteiger charge is -2.12. The predicted molar refractivity (Wildman–Crippen MR) is 74.8 cm³/mol. The lowest BCUT2D eigenvalue weighted by atomic mass is 9.98. The van der Waals surface area contributed by atoms with Gasteiger partial charge in [0, 0.05) is 6.42 Å². The Kier molecular flexibility index (Phi) is 3.36. The van der Waals surface area contributed by atoms with E-state index in [9.17, 15) is 5.11 Å². The van der Waals surface area contributed by atoms with Crippen LogP contribution in [0.2, 0.25) is 0 Å². The molecule has 1 aliphatic heterocycles. The molecule has 2 heteroatoms. The van der Waals surface area contributed by atoms with Gasteiger partial charge in [-0.25, -0.2) is 0 Å². The lowest BCUT2D eigenvalue weighted by Crippen LogP contribution is -2.02. The Bertz CT molecular complexity index is 572. The number of rotatable bonds is 3. The first-order valence-corrected chi connectivity index (χ1v) is 6.65. The summed E-state index contributed by atoms with van der Waals surface area (Å²) in [5, 5.41) is 10.3. The summed E-state index contributed by atoms with van der Waals surface area (Å²) in [6.07, 6.45) is 0.202. The number of aryl methyl sites for hydroxylation is 1. The van der Waals surface area contributed by atoms with Gasteiger partial charge in [0.15, 0.2) is 0 Å². The van der Waals surface area contributed by atoms with Crippen molar-refractivity contribution in [1.29, 1.82) is 0 Å². The second-order valence-electron chi connectivity index (χ2n) is 5.23. The molecule has 0 spiro atoms. The average molecular weight is 254 g/mol. The summed E-state index contributed by atoms with van der Waals surface area (Å²) in [7, 11) is 0. The zero-order chi connectivity index (χ0) is 13.2. The monoisotopic (exact) mass is 254 g/mol. The van der Waals surface area contributed by atoms with Crippen molar-refractivity contribution in [3.63, 3.8) is 0 Å². The van der Waals surface area contributed by atoms with Crippen molar-refractivity contribution >= 4 is 0 Å². The number of aliphatic hydroxyl groups excluding tert-OH is 1. The maximum absolute atomic E-state index is 10.3. The van der Waals surface area contributed by atoms with Crippen LogP contribution in [-0.4, -0.2) is 5.11 Å². The van der Waals surface area contributed by atoms with Crippen LogP contribution in [0.4, 0.5) is 0 Å². The molecule has 1 heterocycles. The van der Waals surface area contributed by atoms with Crippen LogP contribution < -0.4 is 0 Å². The van der Waals surface area contributed by atoms with Gasteiger partial charge in [-0.3, -0.25) is 0 Å². The van der Waals surface area contributed by atoms with Gasteiger partial charge in [0.1, 0.15) is 0 Å². The van der Waals surface area contributed by atoms with Crippen LogP contribution >= 0.6 is 0 Å². The third kappa shape index (κ3) is 2.70. The molecule has 1 aliphatic rings. The summed E-state index contributed by atoms with van der Waals surface area (Å²) in [6, 6.07) is 14.5. The minimum Gasteiger partial charge on any atom is -0.388 e. The van der Waals surface area contributed by atoms with Gasteiger partial charge >= 0.3 is 0 Å². The molecule has 0 saturated carbocycles. The fourth-order valence-corrected chi connectivity index (χ4v) is 2.46. The summed E-state index contributed by atoms with van der Waals surface area (Å²) in [4.78, 5) is 0. The highest BCUT2D eigenvalue weighted by molar-refractivity contribution is 5.35. The van der Waals surface area contributed by atoms with Crippen molar-refractivity contribution in [2.45, 2.75) is 32.7 Å². The average Bonchev–Trinajstić information content (AvgIpc) is 2.88. The summed E-state index contributed by atoms with van der Waals surface area (Å²) < 4.78 is 5.40. The molecular formula is C17H18O2. The third-order valence-electron chi connectivity index (χ3n) is 3.68. The molecule has 1 atom stereocenters. The first kappa shape index (κ1) is 12.4. The number of aliphatic hydroxyl groups is 1. The van der Waals surface area contributed by atoms with E-state index in [1.807, 2.05) is 6.07 Å². The molecular weight excluding hydrogens is 236 g/mol. The van der Waals surface area contributed by atoms with Crippen molar-refractivity contribution < 1.29 is 9.84 Å². The van der Waals surface area contributed by atoms with Gasteiger partial charge in [-0.1, -0.05) is 48.0 Å². The standard InChI is InChI=1S/C17H18O2/c1-12-2-4-13(5-3-12)8-17(18)14-6-7-15-10-19-11-16(15)9-14/h2-7,9,17-18H,8,10-11H2,1H3. The Balaban J connectivity index is 1.76. The smallest absolute Gasteiger partial charge is 0.0830 e. The zero-order valence-corrected chi connectivity index (χ0v) is 11.1. The van der Waals surface area contributed by atoms with E-state index in [4.69, 9.17) is 4.74 Å². The second kappa shape index (κ2) is 5.16.